The summed E-state index contributed by atoms with van der Waals surface area (Å²) in [5.74, 6) is -2.90. The number of aliphatic hydroxyl groups is 1. The standard InChI is InChI=1S/C24H35F2N5O4S2/c1-2-3-6-17(15-32)28-11-5-14-37(34,35)31-12-9-16(10-13-31)29-24-30-23(27)22(36-24)21(33)20-18(25)7-4-8-19(20)26/h4,7-8,16-17,28,32H,2-3,5-6,9-15,27H2,1H3,(H,29,30). The summed E-state index contributed by atoms with van der Waals surface area (Å²) in [6.45, 7) is 3.33. The quantitative estimate of drug-likeness (QED) is 0.205. The summed E-state index contributed by atoms with van der Waals surface area (Å²) in [5.41, 5.74) is 5.19. The summed E-state index contributed by atoms with van der Waals surface area (Å²) >= 11 is 0.916. The van der Waals surface area contributed by atoms with E-state index in [1.165, 1.54) is 10.4 Å². The Morgan fingerprint density at radius 2 is 1.95 bits per heavy atom. The Morgan fingerprint density at radius 3 is 2.57 bits per heavy atom. The van der Waals surface area contributed by atoms with Crippen molar-refractivity contribution in [2.45, 2.75) is 57.5 Å². The average Bonchev–Trinajstić information content (AvgIpc) is 3.23. The Morgan fingerprint density at radius 1 is 1.27 bits per heavy atom. The molecule has 0 bridgehead atoms. The molecule has 0 aliphatic carbocycles. The van der Waals surface area contributed by atoms with E-state index in [1.54, 1.807) is 0 Å². The van der Waals surface area contributed by atoms with Gasteiger partial charge in [0.1, 0.15) is 22.3 Å². The molecule has 1 aromatic heterocycles. The van der Waals surface area contributed by atoms with Crippen LogP contribution in [0, 0.1) is 11.6 Å². The van der Waals surface area contributed by atoms with E-state index in [0.717, 1.165) is 42.7 Å². The zero-order valence-electron chi connectivity index (χ0n) is 20.9. The fraction of sp³-hybridized carbons (Fsp3) is 0.583. The molecular weight excluding hydrogens is 524 g/mol. The first kappa shape index (κ1) is 29.4. The summed E-state index contributed by atoms with van der Waals surface area (Å²) in [4.78, 5) is 16.7. The third-order valence-corrected chi connectivity index (χ3v) is 9.32. The minimum Gasteiger partial charge on any atom is -0.395 e. The summed E-state index contributed by atoms with van der Waals surface area (Å²) < 4.78 is 55.0. The number of halogens is 2. The van der Waals surface area contributed by atoms with Crippen LogP contribution in [0.4, 0.5) is 19.7 Å². The highest BCUT2D eigenvalue weighted by atomic mass is 32.2. The number of hydrogen-bond donors (Lipinski definition) is 4. The second-order valence-electron chi connectivity index (χ2n) is 9.12. The average molecular weight is 560 g/mol. The third kappa shape index (κ3) is 7.90. The molecule has 5 N–H and O–H groups in total. The van der Waals surface area contributed by atoms with Crippen molar-refractivity contribution in [3.63, 3.8) is 0 Å². The number of carbonyl (C=O) groups is 1. The predicted molar refractivity (Wildman–Crippen MR) is 141 cm³/mol. The SMILES string of the molecule is CCCCC(CO)NCCCS(=O)(=O)N1CCC(Nc2nc(N)c(C(=O)c3c(F)cccc3F)s2)CC1. The Kier molecular flexibility index (Phi) is 10.8. The summed E-state index contributed by atoms with van der Waals surface area (Å²) in [5, 5.41) is 16.1. The number of nitrogens with one attached hydrogen (secondary N) is 2. The minimum atomic E-state index is -3.40. The largest absolute Gasteiger partial charge is 0.395 e. The van der Waals surface area contributed by atoms with Crippen molar-refractivity contribution in [3.8, 4) is 0 Å². The molecule has 37 heavy (non-hydrogen) atoms. The van der Waals surface area contributed by atoms with Gasteiger partial charge in [0.2, 0.25) is 15.8 Å². The van der Waals surface area contributed by atoms with Crippen LogP contribution >= 0.6 is 11.3 Å². The number of unbranched alkanes of at least 4 members (excludes halogenated alkanes) is 1. The number of sulfonamides is 1. The van der Waals surface area contributed by atoms with Gasteiger partial charge in [0.05, 0.1) is 17.9 Å². The van der Waals surface area contributed by atoms with E-state index in [2.05, 4.69) is 22.5 Å². The highest BCUT2D eigenvalue weighted by molar-refractivity contribution is 7.89. The van der Waals surface area contributed by atoms with E-state index >= 15 is 0 Å². The number of hydrogen-bond acceptors (Lipinski definition) is 9. The number of thiazole rings is 1. The molecule has 0 spiro atoms. The molecule has 13 heteroatoms. The Bertz CT molecular complexity index is 1130. The molecule has 1 unspecified atom stereocenters. The van der Waals surface area contributed by atoms with Gasteiger partial charge in [-0.25, -0.2) is 26.5 Å². The van der Waals surface area contributed by atoms with E-state index in [0.29, 0.717) is 44.0 Å². The van der Waals surface area contributed by atoms with Gasteiger partial charge in [-0.2, -0.15) is 0 Å². The maximum absolute atomic E-state index is 14.0. The number of anilines is 2. The van der Waals surface area contributed by atoms with Crippen molar-refractivity contribution in [2.75, 3.05) is 43.0 Å². The molecule has 9 nitrogen and oxygen atoms in total. The number of nitrogens with zero attached hydrogens (tertiary/aromatic N) is 2. The normalized spacial score (nSPS) is 16.1. The van der Waals surface area contributed by atoms with Gasteiger partial charge < -0.3 is 21.5 Å². The molecule has 2 aromatic rings. The van der Waals surface area contributed by atoms with Gasteiger partial charge in [-0.15, -0.1) is 0 Å². The van der Waals surface area contributed by atoms with Gasteiger partial charge in [0, 0.05) is 25.2 Å². The van der Waals surface area contributed by atoms with Crippen LogP contribution < -0.4 is 16.4 Å². The molecular formula is C24H35F2N5O4S2. The van der Waals surface area contributed by atoms with Crippen LogP contribution in [-0.4, -0.2) is 72.7 Å². The summed E-state index contributed by atoms with van der Waals surface area (Å²) in [7, 11) is -3.40. The third-order valence-electron chi connectivity index (χ3n) is 6.36. The van der Waals surface area contributed by atoms with Crippen molar-refractivity contribution in [1.82, 2.24) is 14.6 Å². The number of piperidine rings is 1. The second-order valence-corrected chi connectivity index (χ2v) is 12.2. The first-order chi connectivity index (χ1) is 17.7. The number of nitrogen functional groups attached to an aromatic ring is 1. The fourth-order valence-corrected chi connectivity index (χ4v) is 6.68. The van der Waals surface area contributed by atoms with Crippen molar-refractivity contribution in [3.05, 3.63) is 40.3 Å². The first-order valence-corrected chi connectivity index (χ1v) is 14.9. The van der Waals surface area contributed by atoms with E-state index in [9.17, 15) is 27.1 Å². The zero-order chi connectivity index (χ0) is 27.0. The molecule has 1 fully saturated rings. The molecule has 1 aliphatic heterocycles. The van der Waals surface area contributed by atoms with Gasteiger partial charge in [-0.3, -0.25) is 4.79 Å². The first-order valence-electron chi connectivity index (χ1n) is 12.5. The van der Waals surface area contributed by atoms with Gasteiger partial charge >= 0.3 is 0 Å². The van der Waals surface area contributed by atoms with Crippen LogP contribution in [0.3, 0.4) is 0 Å². The highest BCUT2D eigenvalue weighted by Gasteiger charge is 2.29. The number of aromatic nitrogens is 1. The summed E-state index contributed by atoms with van der Waals surface area (Å²) in [6.07, 6.45) is 4.44. The van der Waals surface area contributed by atoms with Gasteiger partial charge in [0.15, 0.2) is 5.13 Å². The van der Waals surface area contributed by atoms with Crippen molar-refractivity contribution < 1.29 is 27.1 Å². The predicted octanol–water partition coefficient (Wildman–Crippen LogP) is 2.97. The molecule has 0 saturated carbocycles. The molecule has 1 aromatic carbocycles. The lowest BCUT2D eigenvalue weighted by Crippen LogP contribution is -2.43. The van der Waals surface area contributed by atoms with E-state index in [4.69, 9.17) is 5.73 Å². The molecule has 1 saturated heterocycles. The number of nitrogens with two attached hydrogens (primary N) is 1. The Balaban J connectivity index is 1.49. The molecule has 206 valence electrons. The molecule has 1 aliphatic rings. The molecule has 3 rings (SSSR count). The van der Waals surface area contributed by atoms with Gasteiger partial charge in [0.25, 0.3) is 0 Å². The zero-order valence-corrected chi connectivity index (χ0v) is 22.5. The van der Waals surface area contributed by atoms with Crippen LogP contribution in [0.25, 0.3) is 0 Å². The van der Waals surface area contributed by atoms with Crippen LogP contribution in [-0.2, 0) is 10.0 Å². The minimum absolute atomic E-state index is 0.00841. The lowest BCUT2D eigenvalue weighted by molar-refractivity contribution is 0.103. The lowest BCUT2D eigenvalue weighted by atomic mass is 10.1. The van der Waals surface area contributed by atoms with Gasteiger partial charge in [-0.1, -0.05) is 37.2 Å². The number of benzene rings is 1. The number of ketones is 1. The maximum atomic E-state index is 14.0. The van der Waals surface area contributed by atoms with Crippen molar-refractivity contribution in [2.24, 2.45) is 0 Å². The van der Waals surface area contributed by atoms with Gasteiger partial charge in [-0.05, 0) is 44.4 Å². The summed E-state index contributed by atoms with van der Waals surface area (Å²) in [6, 6.07) is 3.09. The molecule has 1 atom stereocenters. The Labute approximate surface area is 220 Å². The van der Waals surface area contributed by atoms with E-state index in [-0.39, 0.29) is 35.1 Å². The lowest BCUT2D eigenvalue weighted by Gasteiger charge is -2.31. The maximum Gasteiger partial charge on any atom is 0.214 e. The smallest absolute Gasteiger partial charge is 0.214 e. The highest BCUT2D eigenvalue weighted by Crippen LogP contribution is 2.30. The second kappa shape index (κ2) is 13.6. The fourth-order valence-electron chi connectivity index (χ4n) is 4.24. The monoisotopic (exact) mass is 559 g/mol. The van der Waals surface area contributed by atoms with E-state index in [1.807, 2.05) is 0 Å². The van der Waals surface area contributed by atoms with Crippen LogP contribution in [0.1, 0.15) is 60.7 Å². The number of carbonyl (C=O) groups excluding carboxylic acids is 1. The Hall–Kier alpha value is -2.19. The van der Waals surface area contributed by atoms with E-state index < -0.39 is 33.0 Å². The molecule has 0 amide bonds. The van der Waals surface area contributed by atoms with Crippen molar-refractivity contribution in [1.29, 1.82) is 0 Å². The van der Waals surface area contributed by atoms with Crippen molar-refractivity contribution >= 4 is 38.1 Å². The number of aliphatic hydroxyl groups excluding tert-OH is 1. The molecule has 2 heterocycles. The molecule has 0 radical (unpaired) electrons. The van der Waals surface area contributed by atoms with Crippen LogP contribution in [0.2, 0.25) is 0 Å². The van der Waals surface area contributed by atoms with Crippen LogP contribution in [0.5, 0.6) is 0 Å². The number of rotatable bonds is 14. The topological polar surface area (TPSA) is 138 Å². The van der Waals surface area contributed by atoms with Crippen LogP contribution in [0.15, 0.2) is 18.2 Å².